The summed E-state index contributed by atoms with van der Waals surface area (Å²) in [6.07, 6.45) is 4.20. The summed E-state index contributed by atoms with van der Waals surface area (Å²) in [6, 6.07) is 31.2. The van der Waals surface area contributed by atoms with Crippen LogP contribution in [0.4, 0.5) is 0 Å². The van der Waals surface area contributed by atoms with E-state index in [0.717, 1.165) is 49.4 Å². The van der Waals surface area contributed by atoms with Crippen LogP contribution in [0.15, 0.2) is 97.3 Å². The Hall–Kier alpha value is -3.77. The second-order valence-electron chi connectivity index (χ2n) is 10.2. The van der Waals surface area contributed by atoms with Gasteiger partial charge in [-0.25, -0.2) is 4.98 Å². The Balaban J connectivity index is 0.00000336. The highest BCUT2D eigenvalue weighted by Gasteiger charge is 2.44. The van der Waals surface area contributed by atoms with Gasteiger partial charge >= 0.3 is 0 Å². The van der Waals surface area contributed by atoms with Gasteiger partial charge in [-0.1, -0.05) is 98.4 Å². The standard InChI is InChI=1S/C31H35N5O.CH4/c1-35(2)29(37)31(26-14-8-4-9-15-26,27-16-10-5-11-17-27)20-23-36-21-18-30(19-22-36,28-32-24-33-34-28)25-12-6-3-7-13-25;/h3-17,24H,18-23H2,1-2H3,(H,32,33,34);1H4. The Morgan fingerprint density at radius 3 is 1.89 bits per heavy atom. The maximum atomic E-state index is 14.0. The third-order valence-corrected chi connectivity index (χ3v) is 8.01. The Labute approximate surface area is 226 Å². The lowest BCUT2D eigenvalue weighted by atomic mass is 9.70. The monoisotopic (exact) mass is 509 g/mol. The molecule has 1 N–H and O–H groups in total. The van der Waals surface area contributed by atoms with Crippen LogP contribution in [0, 0.1) is 0 Å². The molecule has 6 heteroatoms. The van der Waals surface area contributed by atoms with Gasteiger partial charge in [0.15, 0.2) is 0 Å². The first-order valence-electron chi connectivity index (χ1n) is 13.0. The fraction of sp³-hybridized carbons (Fsp3) is 0.344. The van der Waals surface area contributed by atoms with E-state index in [-0.39, 0.29) is 18.7 Å². The zero-order valence-electron chi connectivity index (χ0n) is 21.7. The van der Waals surface area contributed by atoms with Gasteiger partial charge in [-0.3, -0.25) is 9.89 Å². The van der Waals surface area contributed by atoms with Crippen molar-refractivity contribution < 1.29 is 4.79 Å². The number of aromatic nitrogens is 3. The smallest absolute Gasteiger partial charge is 0.237 e. The molecule has 6 nitrogen and oxygen atoms in total. The molecule has 4 aromatic rings. The number of piperidine rings is 1. The Kier molecular flexibility index (Phi) is 8.42. The highest BCUT2D eigenvalue weighted by Crippen LogP contribution is 2.41. The van der Waals surface area contributed by atoms with E-state index in [2.05, 4.69) is 74.7 Å². The number of carbonyl (C=O) groups is 1. The minimum atomic E-state index is -0.745. The lowest BCUT2D eigenvalue weighted by molar-refractivity contribution is -0.133. The fourth-order valence-electron chi connectivity index (χ4n) is 5.98. The van der Waals surface area contributed by atoms with Crippen LogP contribution < -0.4 is 0 Å². The number of nitrogens with one attached hydrogen (secondary N) is 1. The summed E-state index contributed by atoms with van der Waals surface area (Å²) in [5, 5.41) is 7.32. The van der Waals surface area contributed by atoms with Gasteiger partial charge in [-0.15, -0.1) is 0 Å². The number of H-pyrrole nitrogens is 1. The lowest BCUT2D eigenvalue weighted by Crippen LogP contribution is -2.49. The normalized spacial score (nSPS) is 15.4. The molecule has 0 atom stereocenters. The average Bonchev–Trinajstić information content (AvgIpc) is 3.51. The average molecular weight is 510 g/mol. The van der Waals surface area contributed by atoms with Crippen molar-refractivity contribution >= 4 is 5.91 Å². The molecule has 0 saturated carbocycles. The van der Waals surface area contributed by atoms with Crippen LogP contribution in [0.3, 0.4) is 0 Å². The van der Waals surface area contributed by atoms with E-state index in [1.807, 2.05) is 50.5 Å². The summed E-state index contributed by atoms with van der Waals surface area (Å²) in [5.74, 6) is 1.05. The van der Waals surface area contributed by atoms with E-state index in [9.17, 15) is 4.79 Å². The van der Waals surface area contributed by atoms with Crippen molar-refractivity contribution in [2.75, 3.05) is 33.7 Å². The van der Waals surface area contributed by atoms with Crippen LogP contribution in [0.2, 0.25) is 0 Å². The molecule has 198 valence electrons. The second kappa shape index (κ2) is 11.7. The molecular formula is C32H39N5O. The number of amides is 1. The van der Waals surface area contributed by atoms with E-state index in [1.54, 1.807) is 11.2 Å². The summed E-state index contributed by atoms with van der Waals surface area (Å²) in [5.41, 5.74) is 2.43. The van der Waals surface area contributed by atoms with E-state index in [1.165, 1.54) is 5.56 Å². The molecule has 1 fully saturated rings. The van der Waals surface area contributed by atoms with Crippen molar-refractivity contribution in [3.8, 4) is 0 Å². The number of likely N-dealkylation sites (tertiary alicyclic amines) is 1. The molecular weight excluding hydrogens is 470 g/mol. The van der Waals surface area contributed by atoms with E-state index >= 15 is 0 Å². The number of nitrogens with zero attached hydrogens (tertiary/aromatic N) is 4. The molecule has 0 radical (unpaired) electrons. The minimum absolute atomic E-state index is 0. The van der Waals surface area contributed by atoms with Crippen molar-refractivity contribution in [2.45, 2.75) is 37.5 Å². The molecule has 3 aromatic carbocycles. The van der Waals surface area contributed by atoms with E-state index in [0.29, 0.717) is 6.42 Å². The summed E-state index contributed by atoms with van der Waals surface area (Å²) in [7, 11) is 3.71. The van der Waals surface area contributed by atoms with Crippen LogP contribution in [0.25, 0.3) is 0 Å². The van der Waals surface area contributed by atoms with E-state index in [4.69, 9.17) is 0 Å². The highest BCUT2D eigenvalue weighted by atomic mass is 16.2. The topological polar surface area (TPSA) is 65.1 Å². The van der Waals surface area contributed by atoms with Gasteiger partial charge in [0.2, 0.25) is 5.91 Å². The summed E-state index contributed by atoms with van der Waals surface area (Å²) in [4.78, 5) is 22.8. The zero-order chi connectivity index (χ0) is 25.7. The van der Waals surface area contributed by atoms with Crippen LogP contribution in [-0.2, 0) is 15.6 Å². The molecule has 2 heterocycles. The molecule has 0 unspecified atom stereocenters. The number of likely N-dealkylation sites (N-methyl/N-ethyl adjacent to an activating group) is 1. The Bertz CT molecular complexity index is 1230. The van der Waals surface area contributed by atoms with Crippen LogP contribution in [-0.4, -0.2) is 64.6 Å². The molecule has 0 aliphatic carbocycles. The van der Waals surface area contributed by atoms with Crippen LogP contribution in [0.5, 0.6) is 0 Å². The first kappa shape index (κ1) is 27.3. The number of rotatable bonds is 8. The Morgan fingerprint density at radius 1 is 0.895 bits per heavy atom. The molecule has 1 amide bonds. The van der Waals surface area contributed by atoms with Crippen LogP contribution in [0.1, 0.15) is 49.2 Å². The van der Waals surface area contributed by atoms with Crippen molar-refractivity contribution in [1.29, 1.82) is 0 Å². The number of hydrogen-bond acceptors (Lipinski definition) is 4. The molecule has 0 spiro atoms. The molecule has 0 bridgehead atoms. The maximum absolute atomic E-state index is 14.0. The number of hydrogen-bond donors (Lipinski definition) is 1. The summed E-state index contributed by atoms with van der Waals surface area (Å²) >= 11 is 0. The van der Waals surface area contributed by atoms with E-state index < -0.39 is 5.41 Å². The van der Waals surface area contributed by atoms with Gasteiger partial charge in [0.05, 0.1) is 5.41 Å². The maximum Gasteiger partial charge on any atom is 0.237 e. The quantitative estimate of drug-likeness (QED) is 0.351. The van der Waals surface area contributed by atoms with Crippen molar-refractivity contribution in [3.05, 3.63) is 120 Å². The van der Waals surface area contributed by atoms with Gasteiger partial charge in [-0.2, -0.15) is 5.10 Å². The molecule has 1 aliphatic rings. The zero-order valence-corrected chi connectivity index (χ0v) is 21.7. The predicted molar refractivity (Wildman–Crippen MR) is 153 cm³/mol. The van der Waals surface area contributed by atoms with Gasteiger partial charge in [0, 0.05) is 14.1 Å². The van der Waals surface area contributed by atoms with Crippen LogP contribution >= 0.6 is 0 Å². The first-order valence-corrected chi connectivity index (χ1v) is 13.0. The largest absolute Gasteiger partial charge is 0.348 e. The van der Waals surface area contributed by atoms with Gasteiger partial charge in [-0.05, 0) is 55.6 Å². The predicted octanol–water partition coefficient (Wildman–Crippen LogP) is 5.29. The van der Waals surface area contributed by atoms with Crippen molar-refractivity contribution in [1.82, 2.24) is 25.0 Å². The molecule has 38 heavy (non-hydrogen) atoms. The molecule has 1 aliphatic heterocycles. The number of carbonyl (C=O) groups excluding carboxylic acids is 1. The first-order chi connectivity index (χ1) is 18.1. The third kappa shape index (κ3) is 5.01. The van der Waals surface area contributed by atoms with Gasteiger partial charge in [0.25, 0.3) is 0 Å². The lowest BCUT2D eigenvalue weighted by Gasteiger charge is -2.42. The molecule has 1 saturated heterocycles. The second-order valence-corrected chi connectivity index (χ2v) is 10.2. The SMILES string of the molecule is C.CN(C)C(=O)C(CCN1CCC(c2ccccc2)(c2ncn[nH]2)CC1)(c1ccccc1)c1ccccc1. The highest BCUT2D eigenvalue weighted by molar-refractivity contribution is 5.91. The fourth-order valence-corrected chi connectivity index (χ4v) is 5.98. The molecule has 5 rings (SSSR count). The number of benzene rings is 3. The van der Waals surface area contributed by atoms with Crippen molar-refractivity contribution in [2.24, 2.45) is 0 Å². The molecule has 1 aromatic heterocycles. The van der Waals surface area contributed by atoms with Gasteiger partial charge < -0.3 is 9.80 Å². The summed E-state index contributed by atoms with van der Waals surface area (Å²) < 4.78 is 0. The third-order valence-electron chi connectivity index (χ3n) is 8.01. The summed E-state index contributed by atoms with van der Waals surface area (Å²) in [6.45, 7) is 2.67. The van der Waals surface area contributed by atoms with Crippen molar-refractivity contribution in [3.63, 3.8) is 0 Å². The number of aromatic amines is 1. The Morgan fingerprint density at radius 2 is 1.42 bits per heavy atom. The minimum Gasteiger partial charge on any atom is -0.348 e. The van der Waals surface area contributed by atoms with Gasteiger partial charge in [0.1, 0.15) is 17.6 Å².